The number of nitrogens with two attached hydrogens (primary N) is 1. The molecule has 2 N–H and O–H groups in total. The number of rotatable bonds is 3. The van der Waals surface area contributed by atoms with E-state index in [2.05, 4.69) is 11.0 Å². The molecule has 0 heterocycles. The first-order valence-electron chi connectivity index (χ1n) is 3.32. The summed E-state index contributed by atoms with van der Waals surface area (Å²) in [6.45, 7) is -0.0502. The van der Waals surface area contributed by atoms with Crippen LogP contribution in [0, 0.1) is 6.07 Å². The van der Waals surface area contributed by atoms with Gasteiger partial charge in [0.1, 0.15) is 0 Å². The van der Waals surface area contributed by atoms with E-state index in [0.717, 1.165) is 0 Å². The van der Waals surface area contributed by atoms with Crippen molar-refractivity contribution in [2.45, 2.75) is 0 Å². The van der Waals surface area contributed by atoms with Crippen LogP contribution in [0.3, 0.4) is 0 Å². The third-order valence-corrected chi connectivity index (χ3v) is 1.38. The number of carbonyl (C=O) groups excluding carboxylic acids is 1. The molecule has 4 heteroatoms. The van der Waals surface area contributed by atoms with Crippen LogP contribution in [-0.4, -0.2) is 12.3 Å². The molecule has 1 aromatic carbocycles. The number of carbonyl (C=O) groups is 1. The van der Waals surface area contributed by atoms with E-state index in [1.54, 1.807) is 0 Å². The van der Waals surface area contributed by atoms with Crippen molar-refractivity contribution in [1.82, 2.24) is 0 Å². The zero-order chi connectivity index (χ0) is 8.97. The molecule has 0 bridgehead atoms. The van der Waals surface area contributed by atoms with Crippen LogP contribution >= 0.6 is 0 Å². The number of benzene rings is 1. The number of Topliss-reactive ketones (excluding diaryl/α,β-unsaturated/α-hetero) is 1. The molecule has 0 atom stereocenters. The molecule has 1 rings (SSSR count). The lowest BCUT2D eigenvalue weighted by Crippen LogP contribution is -2.13. The smallest absolute Gasteiger partial charge is 0.176 e. The first-order chi connectivity index (χ1) is 5.77. The van der Waals surface area contributed by atoms with E-state index in [1.807, 2.05) is 0 Å². The van der Waals surface area contributed by atoms with Gasteiger partial charge in [0.05, 0.1) is 6.54 Å². The van der Waals surface area contributed by atoms with Gasteiger partial charge in [-0.3, -0.25) is 4.79 Å². The third kappa shape index (κ3) is 1.81. The Morgan fingerprint density at radius 2 is 2.33 bits per heavy atom. The normalized spacial score (nSPS) is 9.50. The minimum absolute atomic E-state index is 0.0502. The predicted molar refractivity (Wildman–Crippen MR) is 40.0 cm³/mol. The van der Waals surface area contributed by atoms with Crippen LogP contribution in [0.15, 0.2) is 18.2 Å². The SMILES string of the molecule is NCC(=O)c1c[c]c(O[O])cc1. The first kappa shape index (κ1) is 8.70. The minimum atomic E-state index is -0.191. The van der Waals surface area contributed by atoms with Crippen LogP contribution in [0.4, 0.5) is 0 Å². The maximum absolute atomic E-state index is 10.9. The molecule has 0 aliphatic heterocycles. The van der Waals surface area contributed by atoms with Gasteiger partial charge in [-0.2, -0.15) is 0 Å². The average molecular weight is 165 g/mol. The maximum atomic E-state index is 10.9. The lowest BCUT2D eigenvalue weighted by atomic mass is 10.1. The summed E-state index contributed by atoms with van der Waals surface area (Å²) < 4.78 is 0. The Balaban J connectivity index is 2.84. The van der Waals surface area contributed by atoms with Gasteiger partial charge in [-0.25, -0.2) is 0 Å². The summed E-state index contributed by atoms with van der Waals surface area (Å²) in [5, 5.41) is 9.84. The largest absolute Gasteiger partial charge is 0.324 e. The molecule has 0 amide bonds. The summed E-state index contributed by atoms with van der Waals surface area (Å²) in [7, 11) is 0. The van der Waals surface area contributed by atoms with Gasteiger partial charge in [0.15, 0.2) is 11.5 Å². The summed E-state index contributed by atoms with van der Waals surface area (Å²) in [4.78, 5) is 14.6. The molecule has 2 radical (unpaired) electrons. The van der Waals surface area contributed by atoms with Gasteiger partial charge in [0.25, 0.3) is 0 Å². The van der Waals surface area contributed by atoms with E-state index in [4.69, 9.17) is 5.73 Å². The van der Waals surface area contributed by atoms with Crippen molar-refractivity contribution in [3.63, 3.8) is 0 Å². The van der Waals surface area contributed by atoms with E-state index in [1.165, 1.54) is 18.2 Å². The topological polar surface area (TPSA) is 72.2 Å². The Morgan fingerprint density at radius 1 is 1.58 bits per heavy atom. The van der Waals surface area contributed by atoms with Crippen molar-refractivity contribution >= 4 is 5.78 Å². The lowest BCUT2D eigenvalue weighted by Gasteiger charge is -1.96. The fourth-order valence-corrected chi connectivity index (χ4v) is 0.754. The first-order valence-corrected chi connectivity index (χ1v) is 3.32. The molecule has 62 valence electrons. The standard InChI is InChI=1S/C8H7NO3/c9-5-8(10)6-1-3-7(12-11)4-2-6/h1-3H,5,9H2. The van der Waals surface area contributed by atoms with Crippen LogP contribution < -0.4 is 10.6 Å². The Hall–Kier alpha value is -1.39. The van der Waals surface area contributed by atoms with E-state index >= 15 is 0 Å². The van der Waals surface area contributed by atoms with Gasteiger partial charge in [-0.1, -0.05) is 0 Å². The summed E-state index contributed by atoms with van der Waals surface area (Å²) in [5.41, 5.74) is 5.55. The van der Waals surface area contributed by atoms with Crippen molar-refractivity contribution in [1.29, 1.82) is 0 Å². The molecule has 0 spiro atoms. The third-order valence-electron chi connectivity index (χ3n) is 1.38. The highest BCUT2D eigenvalue weighted by Crippen LogP contribution is 2.10. The van der Waals surface area contributed by atoms with Crippen LogP contribution in [0.1, 0.15) is 10.4 Å². The van der Waals surface area contributed by atoms with Crippen LogP contribution in [0.5, 0.6) is 5.75 Å². The second-order valence-electron chi connectivity index (χ2n) is 2.15. The highest BCUT2D eigenvalue weighted by Gasteiger charge is 2.02. The van der Waals surface area contributed by atoms with E-state index in [9.17, 15) is 10.1 Å². The molecule has 0 fully saturated rings. The van der Waals surface area contributed by atoms with Gasteiger partial charge in [0, 0.05) is 16.9 Å². The molecule has 12 heavy (non-hydrogen) atoms. The highest BCUT2D eigenvalue weighted by atomic mass is 17.1. The molecule has 1 aromatic rings. The Labute approximate surface area is 69.5 Å². The second-order valence-corrected chi connectivity index (χ2v) is 2.15. The molecule has 4 nitrogen and oxygen atoms in total. The number of ketones is 1. The quantitative estimate of drug-likeness (QED) is 0.399. The molecule has 0 aromatic heterocycles. The molecule has 0 aliphatic carbocycles. The van der Waals surface area contributed by atoms with E-state index < -0.39 is 0 Å². The van der Waals surface area contributed by atoms with Crippen molar-refractivity contribution in [2.75, 3.05) is 6.54 Å². The molecule has 0 saturated heterocycles. The maximum Gasteiger partial charge on any atom is 0.176 e. The van der Waals surface area contributed by atoms with E-state index in [0.29, 0.717) is 5.56 Å². The molecule has 0 aliphatic rings. The molecular weight excluding hydrogens is 158 g/mol. The van der Waals surface area contributed by atoms with Gasteiger partial charge in [0.2, 0.25) is 0 Å². The lowest BCUT2D eigenvalue weighted by molar-refractivity contribution is -0.208. The molecule has 0 saturated carbocycles. The zero-order valence-corrected chi connectivity index (χ0v) is 6.24. The van der Waals surface area contributed by atoms with Gasteiger partial charge in [-0.05, 0) is 18.2 Å². The zero-order valence-electron chi connectivity index (χ0n) is 6.24. The van der Waals surface area contributed by atoms with Crippen molar-refractivity contribution in [3.05, 3.63) is 29.8 Å². The number of hydrogen-bond acceptors (Lipinski definition) is 3. The fraction of sp³-hybridized carbons (Fsp3) is 0.125. The highest BCUT2D eigenvalue weighted by molar-refractivity contribution is 5.97. The average Bonchev–Trinajstić information content (AvgIpc) is 2.17. The van der Waals surface area contributed by atoms with Crippen LogP contribution in [0.25, 0.3) is 0 Å². The Bertz CT molecular complexity index is 268. The summed E-state index contributed by atoms with van der Waals surface area (Å²) in [6.07, 6.45) is 0. The summed E-state index contributed by atoms with van der Waals surface area (Å²) in [5.74, 6) is -0.132. The van der Waals surface area contributed by atoms with Gasteiger partial charge < -0.3 is 10.6 Å². The van der Waals surface area contributed by atoms with Crippen LogP contribution in [-0.2, 0) is 5.26 Å². The van der Waals surface area contributed by atoms with Crippen molar-refractivity contribution in [2.24, 2.45) is 5.73 Å². The molecular formula is C8H7NO3. The fourth-order valence-electron chi connectivity index (χ4n) is 0.754. The predicted octanol–water partition coefficient (Wildman–Crippen LogP) is 0.352. The Kier molecular flexibility index (Phi) is 2.79. The van der Waals surface area contributed by atoms with Crippen LogP contribution in [0.2, 0.25) is 0 Å². The van der Waals surface area contributed by atoms with Crippen molar-refractivity contribution in [3.8, 4) is 5.75 Å². The minimum Gasteiger partial charge on any atom is -0.324 e. The second kappa shape index (κ2) is 3.85. The molecule has 0 unspecified atom stereocenters. The summed E-state index contributed by atoms with van der Waals surface area (Å²) >= 11 is 0. The van der Waals surface area contributed by atoms with Gasteiger partial charge in [-0.15, -0.1) is 0 Å². The van der Waals surface area contributed by atoms with Gasteiger partial charge >= 0.3 is 0 Å². The van der Waals surface area contributed by atoms with Crippen molar-refractivity contribution < 1.29 is 14.9 Å². The van der Waals surface area contributed by atoms with E-state index in [-0.39, 0.29) is 18.1 Å². The number of hydrogen-bond donors (Lipinski definition) is 1. The summed E-state index contributed by atoms with van der Waals surface area (Å²) in [6, 6.07) is 6.71. The Morgan fingerprint density at radius 3 is 2.75 bits per heavy atom. The monoisotopic (exact) mass is 165 g/mol.